The number of rotatable bonds is 7. The number of hydrogen-bond acceptors (Lipinski definition) is 8. The molecule has 0 aromatic carbocycles. The molecule has 0 radical (unpaired) electrons. The van der Waals surface area contributed by atoms with Crippen molar-refractivity contribution in [1.82, 2.24) is 29.4 Å². The lowest BCUT2D eigenvalue weighted by Gasteiger charge is -2.41. The predicted octanol–water partition coefficient (Wildman–Crippen LogP) is 6.45. The van der Waals surface area contributed by atoms with Gasteiger partial charge in [-0.3, -0.25) is 0 Å². The maximum atomic E-state index is 15.9. The molecule has 45 heavy (non-hydrogen) atoms. The quantitative estimate of drug-likeness (QED) is 0.277. The highest BCUT2D eigenvalue weighted by molar-refractivity contribution is 5.91. The number of allylic oxidation sites excluding steroid dienone is 4. The van der Waals surface area contributed by atoms with Gasteiger partial charge in [0, 0.05) is 31.2 Å². The fourth-order valence-corrected chi connectivity index (χ4v) is 5.38. The minimum absolute atomic E-state index is 0.0537. The van der Waals surface area contributed by atoms with E-state index < -0.39 is 29.0 Å². The lowest BCUT2D eigenvalue weighted by Crippen LogP contribution is -2.55. The van der Waals surface area contributed by atoms with E-state index in [1.165, 1.54) is 29.1 Å². The van der Waals surface area contributed by atoms with Crippen LogP contribution in [-0.2, 0) is 4.74 Å². The molecule has 1 aliphatic heterocycles. The Labute approximate surface area is 262 Å². The highest BCUT2D eigenvalue weighted by Gasteiger charge is 2.33. The van der Waals surface area contributed by atoms with Crippen molar-refractivity contribution in [3.8, 4) is 5.69 Å². The van der Waals surface area contributed by atoms with E-state index in [0.717, 1.165) is 0 Å². The van der Waals surface area contributed by atoms with Crippen molar-refractivity contribution in [1.29, 1.82) is 0 Å². The molecule has 4 rings (SSSR count). The standard InChI is InChI=1S/C33H41F2N7O3/c1-11-12-22(21(7)34)27-24(35)15-23-29(41-14-13-40(16-20(41)6)32(44)45-33(8,9)10)39-31(43)42(30(23)38-27)28-25(18(2)3)36-17-37-26(28)19(4)5/h11-12,15,17-20H,1,7,13-14,16H2,2-6,8-10H3/b22-12+. The molecule has 1 fully saturated rings. The summed E-state index contributed by atoms with van der Waals surface area (Å²) in [5.41, 5.74) is -0.275. The Bertz CT molecular complexity index is 1710. The van der Waals surface area contributed by atoms with Gasteiger partial charge in [0.25, 0.3) is 0 Å². The molecule has 0 N–H and O–H groups in total. The fraction of sp³-hybridized carbons (Fsp3) is 0.455. The third-order valence-corrected chi connectivity index (χ3v) is 7.38. The van der Waals surface area contributed by atoms with Crippen molar-refractivity contribution in [2.75, 3.05) is 24.5 Å². The molecule has 1 amide bonds. The second-order valence-electron chi connectivity index (χ2n) is 12.7. The summed E-state index contributed by atoms with van der Waals surface area (Å²) in [6, 6.07) is 0.885. The average Bonchev–Trinajstić information content (AvgIpc) is 2.94. The number of fused-ring (bicyclic) bond motifs is 1. The fourth-order valence-electron chi connectivity index (χ4n) is 5.38. The van der Waals surface area contributed by atoms with E-state index in [9.17, 15) is 14.0 Å². The van der Waals surface area contributed by atoms with E-state index in [1.54, 1.807) is 25.7 Å². The molecule has 1 saturated heterocycles. The zero-order chi connectivity index (χ0) is 33.4. The van der Waals surface area contributed by atoms with Gasteiger partial charge in [-0.05, 0) is 45.6 Å². The molecule has 1 unspecified atom stereocenters. The lowest BCUT2D eigenvalue weighted by atomic mass is 10.0. The second kappa shape index (κ2) is 12.9. The summed E-state index contributed by atoms with van der Waals surface area (Å²) >= 11 is 0. The summed E-state index contributed by atoms with van der Waals surface area (Å²) in [6.45, 7) is 22.8. The number of anilines is 1. The largest absolute Gasteiger partial charge is 0.444 e. The lowest BCUT2D eigenvalue weighted by molar-refractivity contribution is 0.0218. The summed E-state index contributed by atoms with van der Waals surface area (Å²) in [5.74, 6) is -1.79. The second-order valence-corrected chi connectivity index (χ2v) is 12.7. The zero-order valence-corrected chi connectivity index (χ0v) is 27.2. The van der Waals surface area contributed by atoms with Gasteiger partial charge in [-0.15, -0.1) is 0 Å². The summed E-state index contributed by atoms with van der Waals surface area (Å²) in [4.78, 5) is 48.4. The first kappa shape index (κ1) is 33.4. The Morgan fingerprint density at radius 3 is 2.24 bits per heavy atom. The van der Waals surface area contributed by atoms with Crippen LogP contribution < -0.4 is 10.6 Å². The van der Waals surface area contributed by atoms with Crippen molar-refractivity contribution in [3.63, 3.8) is 0 Å². The molecule has 3 aromatic rings. The van der Waals surface area contributed by atoms with Crippen LogP contribution in [-0.4, -0.2) is 66.8 Å². The summed E-state index contributed by atoms with van der Waals surface area (Å²) in [7, 11) is 0. The van der Waals surface area contributed by atoms with Crippen molar-refractivity contribution < 1.29 is 18.3 Å². The molecule has 0 spiro atoms. The normalized spacial score (nSPS) is 16.1. The van der Waals surface area contributed by atoms with Gasteiger partial charge < -0.3 is 14.5 Å². The number of carbonyl (C=O) groups excluding carboxylic acids is 1. The van der Waals surface area contributed by atoms with Gasteiger partial charge in [-0.25, -0.2) is 37.9 Å². The molecule has 3 aromatic heterocycles. The highest BCUT2D eigenvalue weighted by atomic mass is 19.1. The maximum absolute atomic E-state index is 15.9. The minimum Gasteiger partial charge on any atom is -0.444 e. The molecule has 0 bridgehead atoms. The van der Waals surface area contributed by atoms with Gasteiger partial charge in [-0.1, -0.05) is 53.0 Å². The predicted molar refractivity (Wildman–Crippen MR) is 172 cm³/mol. The van der Waals surface area contributed by atoms with Crippen molar-refractivity contribution in [3.05, 3.63) is 76.9 Å². The first-order valence-corrected chi connectivity index (χ1v) is 15.0. The van der Waals surface area contributed by atoms with Gasteiger partial charge in [0.2, 0.25) is 0 Å². The van der Waals surface area contributed by atoms with Gasteiger partial charge in [0.05, 0.1) is 22.5 Å². The molecule has 0 aliphatic carbocycles. The zero-order valence-electron chi connectivity index (χ0n) is 27.2. The van der Waals surface area contributed by atoms with Crippen LogP contribution in [0.4, 0.5) is 19.4 Å². The van der Waals surface area contributed by atoms with Crippen molar-refractivity contribution in [2.24, 2.45) is 0 Å². The molecule has 0 saturated carbocycles. The number of carbonyl (C=O) groups is 1. The number of piperazine rings is 1. The van der Waals surface area contributed by atoms with E-state index in [1.807, 2.05) is 39.5 Å². The summed E-state index contributed by atoms with van der Waals surface area (Å²) in [6.07, 6.45) is 3.58. The Kier molecular flexibility index (Phi) is 9.55. The number of aromatic nitrogens is 5. The third kappa shape index (κ3) is 6.79. The summed E-state index contributed by atoms with van der Waals surface area (Å²) < 4.78 is 37.4. The first-order valence-electron chi connectivity index (χ1n) is 15.0. The van der Waals surface area contributed by atoms with Gasteiger partial charge in [-0.2, -0.15) is 4.98 Å². The number of nitrogens with zero attached hydrogens (tertiary/aromatic N) is 7. The molecule has 12 heteroatoms. The first-order chi connectivity index (χ1) is 21.0. The highest BCUT2D eigenvalue weighted by Crippen LogP contribution is 2.34. The topological polar surface area (TPSA) is 106 Å². The van der Waals surface area contributed by atoms with Gasteiger partial charge in [0.1, 0.15) is 35.1 Å². The van der Waals surface area contributed by atoms with Crippen LogP contribution in [0.2, 0.25) is 0 Å². The molecule has 10 nitrogen and oxygen atoms in total. The van der Waals surface area contributed by atoms with Crippen LogP contribution in [0.3, 0.4) is 0 Å². The number of pyridine rings is 1. The van der Waals surface area contributed by atoms with Gasteiger partial charge >= 0.3 is 11.8 Å². The van der Waals surface area contributed by atoms with E-state index in [2.05, 4.69) is 33.1 Å². The van der Waals surface area contributed by atoms with Crippen LogP contribution in [0.1, 0.15) is 84.3 Å². The van der Waals surface area contributed by atoms with E-state index in [4.69, 9.17) is 4.74 Å². The number of ether oxygens (including phenoxy) is 1. The summed E-state index contributed by atoms with van der Waals surface area (Å²) in [5, 5.41) is 0.226. The van der Waals surface area contributed by atoms with Crippen LogP contribution in [0, 0.1) is 5.82 Å². The number of halogens is 2. The Hall–Kier alpha value is -4.48. The maximum Gasteiger partial charge on any atom is 0.410 e. The minimum atomic E-state index is -0.913. The van der Waals surface area contributed by atoms with Crippen molar-refractivity contribution in [2.45, 2.75) is 78.9 Å². The number of hydrogen-bond donors (Lipinski definition) is 0. The molecular weight excluding hydrogens is 580 g/mol. The smallest absolute Gasteiger partial charge is 0.410 e. The third-order valence-electron chi connectivity index (χ3n) is 7.38. The monoisotopic (exact) mass is 621 g/mol. The van der Waals surface area contributed by atoms with E-state index in [-0.39, 0.29) is 59.1 Å². The van der Waals surface area contributed by atoms with E-state index >= 15 is 4.39 Å². The Balaban J connectivity index is 2.02. The number of amides is 1. The van der Waals surface area contributed by atoms with Crippen LogP contribution in [0.15, 0.2) is 48.3 Å². The Morgan fingerprint density at radius 2 is 1.73 bits per heavy atom. The van der Waals surface area contributed by atoms with Crippen molar-refractivity contribution >= 4 is 28.5 Å². The van der Waals surface area contributed by atoms with Gasteiger partial charge in [0.15, 0.2) is 5.65 Å². The molecule has 1 aliphatic rings. The molecule has 4 heterocycles. The molecule has 1 atom stereocenters. The van der Waals surface area contributed by atoms with Crippen LogP contribution in [0.5, 0.6) is 0 Å². The van der Waals surface area contributed by atoms with Crippen LogP contribution in [0.25, 0.3) is 22.3 Å². The molecule has 240 valence electrons. The molecular formula is C33H41F2N7O3. The Morgan fingerprint density at radius 1 is 1.11 bits per heavy atom. The van der Waals surface area contributed by atoms with E-state index in [0.29, 0.717) is 23.6 Å². The average molecular weight is 622 g/mol. The van der Waals surface area contributed by atoms with Crippen LogP contribution >= 0.6 is 0 Å². The SMILES string of the molecule is C=C/C=C(\C(=C)F)c1nc2c(cc1F)c(N1CCN(C(=O)OC(C)(C)C)CC1C)nc(=O)n2-c1c(C(C)C)ncnc1C(C)C.